The summed E-state index contributed by atoms with van der Waals surface area (Å²) in [6.07, 6.45) is 4.04. The maximum Gasteiger partial charge on any atom is 0.143 e. The number of benzene rings is 6. The minimum absolute atomic E-state index is 0. The first kappa shape index (κ1) is 54.4. The fourth-order valence-electron chi connectivity index (χ4n) is 9.18. The molecule has 6 aromatic carbocycles. The van der Waals surface area contributed by atoms with E-state index in [4.69, 9.17) is 0 Å². The Morgan fingerprint density at radius 1 is 0.358 bits per heavy atom. The summed E-state index contributed by atoms with van der Waals surface area (Å²) in [6, 6.07) is 30.7. The van der Waals surface area contributed by atoms with Gasteiger partial charge in [0.1, 0.15) is 45.7 Å². The quantitative estimate of drug-likeness (QED) is 0.0719. The van der Waals surface area contributed by atoms with Gasteiger partial charge < -0.3 is 20.4 Å². The van der Waals surface area contributed by atoms with E-state index in [9.17, 15) is 20.4 Å². The Balaban J connectivity index is 0.000000288. The van der Waals surface area contributed by atoms with Crippen LogP contribution < -0.4 is 0 Å². The van der Waals surface area contributed by atoms with E-state index in [1.165, 1.54) is 11.1 Å². The Hall–Kier alpha value is -5.24. The maximum atomic E-state index is 10.5. The van der Waals surface area contributed by atoms with Crippen LogP contribution in [0.4, 0.5) is 22.7 Å². The number of azo groups is 2. The molecule has 0 aliphatic rings. The van der Waals surface area contributed by atoms with Crippen LogP contribution in [0.1, 0.15) is 159 Å². The van der Waals surface area contributed by atoms with Crippen molar-refractivity contribution < 1.29 is 37.5 Å². The van der Waals surface area contributed by atoms with Crippen LogP contribution in [0.2, 0.25) is 0 Å². The SMILES string of the molecule is CCC(C)(C)c1ccc(O)c(N=Nc2c(O)ccc3cc(C(C)(C)CC(C)(C)C)ccc23)c1.CCC(C)(C)c1ccc(O)c(N=Nc2c(O)ccc3cc(C(C)(C)CC(C)(C)C)ccc23)c1.[Fe]. The largest absolute Gasteiger partial charge is 0.506 e. The zero-order valence-corrected chi connectivity index (χ0v) is 44.1. The van der Waals surface area contributed by atoms with Crippen molar-refractivity contribution in [2.24, 2.45) is 31.3 Å². The zero-order chi connectivity index (χ0) is 49.2. The van der Waals surface area contributed by atoms with Crippen LogP contribution in [0.15, 0.2) is 118 Å². The molecule has 0 saturated heterocycles. The van der Waals surface area contributed by atoms with Crippen LogP contribution in [0.5, 0.6) is 23.0 Å². The van der Waals surface area contributed by atoms with Gasteiger partial charge in [-0.15, -0.1) is 20.5 Å². The molecule has 8 nitrogen and oxygen atoms in total. The summed E-state index contributed by atoms with van der Waals surface area (Å²) in [5, 5.41) is 62.9. The van der Waals surface area contributed by atoms with Crippen molar-refractivity contribution >= 4 is 44.3 Å². The molecule has 6 aromatic rings. The van der Waals surface area contributed by atoms with Crippen molar-refractivity contribution in [2.75, 3.05) is 0 Å². The molecule has 0 aliphatic carbocycles. The molecule has 360 valence electrons. The summed E-state index contributed by atoms with van der Waals surface area (Å²) in [5.41, 5.74) is 6.71. The first-order valence-electron chi connectivity index (χ1n) is 23.5. The number of aromatic hydroxyl groups is 4. The van der Waals surface area contributed by atoms with E-state index in [0.29, 0.717) is 22.7 Å². The molecule has 0 heterocycles. The Labute approximate surface area is 411 Å². The van der Waals surface area contributed by atoms with Crippen molar-refractivity contribution in [1.82, 2.24) is 0 Å². The first-order chi connectivity index (χ1) is 30.5. The molecule has 0 aliphatic heterocycles. The van der Waals surface area contributed by atoms with Crippen molar-refractivity contribution in [1.29, 1.82) is 0 Å². The molecule has 0 saturated carbocycles. The molecule has 67 heavy (non-hydrogen) atoms. The molecule has 0 radical (unpaired) electrons. The Morgan fingerprint density at radius 3 is 0.970 bits per heavy atom. The van der Waals surface area contributed by atoms with Gasteiger partial charge in [0.15, 0.2) is 0 Å². The van der Waals surface area contributed by atoms with Crippen molar-refractivity contribution in [3.05, 3.63) is 119 Å². The molecule has 0 amide bonds. The van der Waals surface area contributed by atoms with Crippen LogP contribution >= 0.6 is 0 Å². The molecule has 0 fully saturated rings. The van der Waals surface area contributed by atoms with E-state index in [-0.39, 0.29) is 72.6 Å². The van der Waals surface area contributed by atoms with Gasteiger partial charge in [-0.3, -0.25) is 0 Å². The van der Waals surface area contributed by atoms with E-state index in [0.717, 1.165) is 58.4 Å². The summed E-state index contributed by atoms with van der Waals surface area (Å²) in [5.74, 6) is 0.274. The Bertz CT molecular complexity index is 2560. The van der Waals surface area contributed by atoms with E-state index < -0.39 is 0 Å². The van der Waals surface area contributed by atoms with Gasteiger partial charge in [0.2, 0.25) is 0 Å². The predicted octanol–water partition coefficient (Wildman–Crippen LogP) is 18.1. The second kappa shape index (κ2) is 20.5. The minimum Gasteiger partial charge on any atom is -0.506 e. The monoisotopic (exact) mass is 949 g/mol. The van der Waals surface area contributed by atoms with E-state index in [1.807, 2.05) is 48.5 Å². The van der Waals surface area contributed by atoms with E-state index >= 15 is 0 Å². The number of fused-ring (bicyclic) bond motifs is 2. The fourth-order valence-corrected chi connectivity index (χ4v) is 9.18. The minimum atomic E-state index is -0.0319. The van der Waals surface area contributed by atoms with Crippen LogP contribution in [0.25, 0.3) is 21.5 Å². The molecule has 0 spiro atoms. The van der Waals surface area contributed by atoms with Gasteiger partial charge >= 0.3 is 0 Å². The topological polar surface area (TPSA) is 130 Å². The number of hydrogen-bond donors (Lipinski definition) is 4. The average Bonchev–Trinajstić information content (AvgIpc) is 3.22. The standard InChI is InChI=1S/2C29H38N2O2.Fe/c2*1-9-28(5,6)21-12-15-24(32)23(17-21)30-31-26-22-13-11-20(16-19(22)10-14-25(26)33)29(7,8)18-27(2,3)4;/h2*10-17,32-33H,9,18H2,1-8H3;. The van der Waals surface area contributed by atoms with Crippen molar-refractivity contribution in [3.63, 3.8) is 0 Å². The second-order valence-corrected chi connectivity index (χ2v) is 23.3. The molecule has 6 rings (SSSR count). The molecule has 9 heteroatoms. The van der Waals surface area contributed by atoms with Crippen LogP contribution in [0, 0.1) is 10.8 Å². The normalized spacial score (nSPS) is 13.0. The fraction of sp³-hybridized carbons (Fsp3) is 0.448. The molecule has 0 bridgehead atoms. The predicted molar refractivity (Wildman–Crippen MR) is 277 cm³/mol. The van der Waals surface area contributed by atoms with Crippen molar-refractivity contribution in [3.8, 4) is 23.0 Å². The van der Waals surface area contributed by atoms with Crippen molar-refractivity contribution in [2.45, 2.75) is 158 Å². The zero-order valence-electron chi connectivity index (χ0n) is 43.0. The summed E-state index contributed by atoms with van der Waals surface area (Å²) in [6.45, 7) is 35.6. The molecular weight excluding hydrogens is 873 g/mol. The summed E-state index contributed by atoms with van der Waals surface area (Å²) >= 11 is 0. The number of hydrogen-bond acceptors (Lipinski definition) is 8. The van der Waals surface area contributed by atoms with E-state index in [1.54, 1.807) is 24.3 Å². The van der Waals surface area contributed by atoms with Gasteiger partial charge in [-0.1, -0.05) is 171 Å². The molecule has 0 unspecified atom stereocenters. The van der Waals surface area contributed by atoms with Gasteiger partial charge in [-0.05, 0) is 128 Å². The summed E-state index contributed by atoms with van der Waals surface area (Å²) in [7, 11) is 0. The number of nitrogens with zero attached hydrogens (tertiary/aromatic N) is 4. The smallest absolute Gasteiger partial charge is 0.143 e. The number of phenols is 4. The summed E-state index contributed by atoms with van der Waals surface area (Å²) in [4.78, 5) is 0. The number of phenolic OH excluding ortho intramolecular Hbond substituents is 4. The van der Waals surface area contributed by atoms with Gasteiger partial charge in [0.25, 0.3) is 0 Å². The first-order valence-corrected chi connectivity index (χ1v) is 23.5. The Kier molecular flexibility index (Phi) is 16.7. The molecular formula is C58H76FeN4O4. The molecule has 4 N–H and O–H groups in total. The molecule has 0 aromatic heterocycles. The van der Waals surface area contributed by atoms with Crippen LogP contribution in [0.3, 0.4) is 0 Å². The van der Waals surface area contributed by atoms with Gasteiger partial charge in [0.05, 0.1) is 0 Å². The van der Waals surface area contributed by atoms with E-state index in [2.05, 4.69) is 156 Å². The van der Waals surface area contributed by atoms with Gasteiger partial charge in [0, 0.05) is 27.8 Å². The average molecular weight is 949 g/mol. The third-order valence-electron chi connectivity index (χ3n) is 13.2. The number of rotatable bonds is 12. The third kappa shape index (κ3) is 13.5. The Morgan fingerprint density at radius 2 is 0.657 bits per heavy atom. The summed E-state index contributed by atoms with van der Waals surface area (Å²) < 4.78 is 0. The second-order valence-electron chi connectivity index (χ2n) is 23.3. The molecule has 0 atom stereocenters. The maximum absolute atomic E-state index is 10.5. The van der Waals surface area contributed by atoms with Crippen LogP contribution in [-0.4, -0.2) is 20.4 Å². The van der Waals surface area contributed by atoms with Gasteiger partial charge in [-0.2, -0.15) is 0 Å². The van der Waals surface area contributed by atoms with Crippen LogP contribution in [-0.2, 0) is 38.7 Å². The third-order valence-corrected chi connectivity index (χ3v) is 13.2. The van der Waals surface area contributed by atoms with Gasteiger partial charge in [-0.25, -0.2) is 0 Å².